The van der Waals surface area contributed by atoms with Gasteiger partial charge in [-0.25, -0.2) is 4.79 Å². The molecule has 0 saturated carbocycles. The van der Waals surface area contributed by atoms with E-state index in [-0.39, 0.29) is 23.3 Å². The first-order valence-electron chi connectivity index (χ1n) is 5.19. The fourth-order valence-electron chi connectivity index (χ4n) is 0.998. The van der Waals surface area contributed by atoms with Crippen molar-refractivity contribution in [3.63, 3.8) is 0 Å². The van der Waals surface area contributed by atoms with E-state index < -0.39 is 18.0 Å². The van der Waals surface area contributed by atoms with E-state index in [4.69, 9.17) is 5.11 Å². The number of hydrogen-bond donors (Lipinski definition) is 3. The molecule has 5 nitrogen and oxygen atoms in total. The largest absolute Gasteiger partial charge is 0.478 e. The Morgan fingerprint density at radius 2 is 1.94 bits per heavy atom. The number of carbonyl (C=O) groups excluding carboxylic acids is 1. The SMILES string of the molecule is C=CCC(O)C(=C)NC(=O)C(=C)C=C(C)C(=O)O. The van der Waals surface area contributed by atoms with Gasteiger partial charge in [0.05, 0.1) is 6.10 Å². The first-order chi connectivity index (χ1) is 8.29. The predicted molar refractivity (Wildman–Crippen MR) is 68.6 cm³/mol. The number of carboxylic acids is 1. The zero-order chi connectivity index (χ0) is 14.3. The number of aliphatic hydroxyl groups excluding tert-OH is 1. The van der Waals surface area contributed by atoms with Crippen LogP contribution in [0.3, 0.4) is 0 Å². The highest BCUT2D eigenvalue weighted by molar-refractivity contribution is 5.99. The van der Waals surface area contributed by atoms with E-state index in [1.54, 1.807) is 0 Å². The molecule has 3 N–H and O–H groups in total. The number of nitrogens with one attached hydrogen (secondary N) is 1. The van der Waals surface area contributed by atoms with Crippen molar-refractivity contribution >= 4 is 11.9 Å². The minimum atomic E-state index is -1.13. The zero-order valence-corrected chi connectivity index (χ0v) is 10.3. The van der Waals surface area contributed by atoms with Crippen LogP contribution < -0.4 is 5.32 Å². The highest BCUT2D eigenvalue weighted by atomic mass is 16.4. The molecule has 0 aliphatic heterocycles. The van der Waals surface area contributed by atoms with Crippen molar-refractivity contribution < 1.29 is 19.8 Å². The Hall–Kier alpha value is -2.14. The molecule has 5 heteroatoms. The monoisotopic (exact) mass is 251 g/mol. The van der Waals surface area contributed by atoms with Crippen molar-refractivity contribution in [2.45, 2.75) is 19.4 Å². The van der Waals surface area contributed by atoms with Gasteiger partial charge in [-0.1, -0.05) is 19.2 Å². The van der Waals surface area contributed by atoms with Gasteiger partial charge in [0.2, 0.25) is 0 Å². The number of aliphatic hydroxyl groups is 1. The van der Waals surface area contributed by atoms with Crippen LogP contribution in [0, 0.1) is 0 Å². The van der Waals surface area contributed by atoms with Gasteiger partial charge in [0.1, 0.15) is 0 Å². The lowest BCUT2D eigenvalue weighted by atomic mass is 10.1. The summed E-state index contributed by atoms with van der Waals surface area (Å²) in [7, 11) is 0. The van der Waals surface area contributed by atoms with Gasteiger partial charge in [-0.05, 0) is 19.4 Å². The summed E-state index contributed by atoms with van der Waals surface area (Å²) in [6.07, 6.45) is 1.97. The Labute approximate surface area is 106 Å². The maximum atomic E-state index is 11.6. The van der Waals surface area contributed by atoms with Gasteiger partial charge >= 0.3 is 5.97 Å². The first kappa shape index (κ1) is 15.9. The summed E-state index contributed by atoms with van der Waals surface area (Å²) in [6.45, 7) is 11.7. The number of carboxylic acid groups (broad SMARTS) is 1. The highest BCUT2D eigenvalue weighted by Crippen LogP contribution is 2.05. The smallest absolute Gasteiger partial charge is 0.331 e. The fraction of sp³-hybridized carbons (Fsp3) is 0.231. The number of amides is 1. The van der Waals surface area contributed by atoms with Crippen LogP contribution in [-0.2, 0) is 9.59 Å². The molecule has 0 bridgehead atoms. The second kappa shape index (κ2) is 7.24. The molecule has 0 heterocycles. The summed E-state index contributed by atoms with van der Waals surface area (Å²) < 4.78 is 0. The molecule has 0 aromatic heterocycles. The van der Waals surface area contributed by atoms with Gasteiger partial charge in [0.25, 0.3) is 5.91 Å². The molecule has 0 spiro atoms. The summed E-state index contributed by atoms with van der Waals surface area (Å²) >= 11 is 0. The Morgan fingerprint density at radius 3 is 2.39 bits per heavy atom. The molecule has 0 saturated heterocycles. The molecule has 98 valence electrons. The molecule has 0 aliphatic carbocycles. The molecule has 0 aromatic carbocycles. The van der Waals surface area contributed by atoms with Crippen LogP contribution in [0.4, 0.5) is 0 Å². The predicted octanol–water partition coefficient (Wildman–Crippen LogP) is 1.14. The molecule has 1 amide bonds. The van der Waals surface area contributed by atoms with Gasteiger partial charge in [-0.15, -0.1) is 6.58 Å². The molecule has 0 aromatic rings. The van der Waals surface area contributed by atoms with Crippen LogP contribution >= 0.6 is 0 Å². The maximum Gasteiger partial charge on any atom is 0.331 e. The van der Waals surface area contributed by atoms with Crippen LogP contribution in [0.5, 0.6) is 0 Å². The normalized spacial score (nSPS) is 12.4. The molecule has 0 aliphatic rings. The van der Waals surface area contributed by atoms with E-state index >= 15 is 0 Å². The Morgan fingerprint density at radius 1 is 1.39 bits per heavy atom. The van der Waals surface area contributed by atoms with Crippen molar-refractivity contribution in [1.29, 1.82) is 0 Å². The maximum absolute atomic E-state index is 11.6. The molecular formula is C13H17NO4. The summed E-state index contributed by atoms with van der Waals surface area (Å²) in [4.78, 5) is 22.1. The summed E-state index contributed by atoms with van der Waals surface area (Å²) in [5.74, 6) is -1.74. The van der Waals surface area contributed by atoms with Crippen molar-refractivity contribution in [3.05, 3.63) is 48.7 Å². The molecule has 0 rings (SSSR count). The van der Waals surface area contributed by atoms with Crippen molar-refractivity contribution in [2.24, 2.45) is 0 Å². The Kier molecular flexibility index (Phi) is 6.38. The topological polar surface area (TPSA) is 86.6 Å². The lowest BCUT2D eigenvalue weighted by molar-refractivity contribution is -0.132. The van der Waals surface area contributed by atoms with E-state index in [9.17, 15) is 14.7 Å². The van der Waals surface area contributed by atoms with Gasteiger partial charge in [-0.2, -0.15) is 0 Å². The fourth-order valence-corrected chi connectivity index (χ4v) is 0.998. The minimum absolute atomic E-state index is 0.00703. The van der Waals surface area contributed by atoms with E-state index in [1.165, 1.54) is 13.0 Å². The van der Waals surface area contributed by atoms with Crippen LogP contribution in [0.2, 0.25) is 0 Å². The van der Waals surface area contributed by atoms with Crippen molar-refractivity contribution in [3.8, 4) is 0 Å². The third kappa shape index (κ3) is 5.27. The van der Waals surface area contributed by atoms with Crippen LogP contribution in [0.15, 0.2) is 48.7 Å². The zero-order valence-electron chi connectivity index (χ0n) is 10.3. The van der Waals surface area contributed by atoms with Crippen molar-refractivity contribution in [2.75, 3.05) is 0 Å². The molecule has 18 heavy (non-hydrogen) atoms. The molecular weight excluding hydrogens is 234 g/mol. The van der Waals surface area contributed by atoms with E-state index in [2.05, 4.69) is 25.1 Å². The van der Waals surface area contributed by atoms with Gasteiger partial charge in [0, 0.05) is 16.8 Å². The minimum Gasteiger partial charge on any atom is -0.478 e. The van der Waals surface area contributed by atoms with Gasteiger partial charge < -0.3 is 15.5 Å². The summed E-state index contributed by atoms with van der Waals surface area (Å²) in [5.41, 5.74) is 0.0803. The number of hydrogen-bond acceptors (Lipinski definition) is 3. The number of carbonyl (C=O) groups is 2. The highest BCUT2D eigenvalue weighted by Gasteiger charge is 2.12. The Balaban J connectivity index is 4.55. The van der Waals surface area contributed by atoms with E-state index in [1.807, 2.05) is 0 Å². The van der Waals surface area contributed by atoms with Crippen LogP contribution in [0.1, 0.15) is 13.3 Å². The van der Waals surface area contributed by atoms with Crippen LogP contribution in [0.25, 0.3) is 0 Å². The van der Waals surface area contributed by atoms with E-state index in [0.717, 1.165) is 6.08 Å². The van der Waals surface area contributed by atoms with Crippen LogP contribution in [-0.4, -0.2) is 28.2 Å². The lowest BCUT2D eigenvalue weighted by Crippen LogP contribution is -2.29. The molecule has 1 atom stereocenters. The molecule has 0 fully saturated rings. The summed E-state index contributed by atoms with van der Waals surface area (Å²) in [6, 6.07) is 0. The summed E-state index contributed by atoms with van der Waals surface area (Å²) in [5, 5.41) is 20.5. The van der Waals surface area contributed by atoms with E-state index in [0.29, 0.717) is 0 Å². The third-order valence-corrected chi connectivity index (χ3v) is 2.09. The second-order valence-electron chi connectivity index (χ2n) is 3.68. The Bertz CT molecular complexity index is 421. The number of rotatable bonds is 7. The van der Waals surface area contributed by atoms with Gasteiger partial charge in [0.15, 0.2) is 0 Å². The molecule has 0 radical (unpaired) electrons. The molecule has 1 unspecified atom stereocenters. The lowest BCUT2D eigenvalue weighted by Gasteiger charge is -2.13. The standard InChI is InChI=1S/C13H17NO4/c1-5-6-11(15)10(4)14-12(16)8(2)7-9(3)13(17)18/h5,7,11,15H,1-2,4,6H2,3H3,(H,14,16)(H,17,18). The number of aliphatic carboxylic acids is 1. The quantitative estimate of drug-likeness (QED) is 0.360. The second-order valence-corrected chi connectivity index (χ2v) is 3.68. The first-order valence-corrected chi connectivity index (χ1v) is 5.19. The average Bonchev–Trinajstić information content (AvgIpc) is 2.28. The third-order valence-electron chi connectivity index (χ3n) is 2.09. The average molecular weight is 251 g/mol. The van der Waals surface area contributed by atoms with Gasteiger partial charge in [-0.3, -0.25) is 4.79 Å². The van der Waals surface area contributed by atoms with Crippen molar-refractivity contribution in [1.82, 2.24) is 5.32 Å².